The second-order valence-electron chi connectivity index (χ2n) is 6.58. The SMILES string of the molecule is CCS(=O)(=O)c1nc2ccccn2c1S(=O)(=O)NC(=O)NC1NC(OC)CC(OC)N1. The first kappa shape index (κ1) is 23.4. The van der Waals surface area contributed by atoms with E-state index in [1.807, 2.05) is 4.72 Å². The predicted octanol–water partition coefficient (Wildman–Crippen LogP) is -1.07. The average molecular weight is 477 g/mol. The Labute approximate surface area is 179 Å². The number of imidazole rings is 1. The fraction of sp³-hybridized carbons (Fsp3) is 0.500. The summed E-state index contributed by atoms with van der Waals surface area (Å²) >= 11 is 0. The summed E-state index contributed by atoms with van der Waals surface area (Å²) < 4.78 is 64.3. The van der Waals surface area contributed by atoms with E-state index in [4.69, 9.17) is 9.47 Å². The van der Waals surface area contributed by atoms with Gasteiger partial charge in [0.25, 0.3) is 10.0 Å². The number of amides is 2. The summed E-state index contributed by atoms with van der Waals surface area (Å²) in [5.41, 5.74) is 0.108. The van der Waals surface area contributed by atoms with Gasteiger partial charge in [-0.25, -0.2) is 22.9 Å². The lowest BCUT2D eigenvalue weighted by Crippen LogP contribution is -2.67. The smallest absolute Gasteiger partial charge is 0.330 e. The molecule has 1 aliphatic rings. The summed E-state index contributed by atoms with van der Waals surface area (Å²) in [7, 11) is -5.67. The molecule has 2 aromatic heterocycles. The number of ether oxygens (including phenoxy) is 2. The van der Waals surface area contributed by atoms with Crippen LogP contribution in [0.1, 0.15) is 13.3 Å². The Hall–Kier alpha value is -2.30. The Morgan fingerprint density at radius 1 is 1.19 bits per heavy atom. The van der Waals surface area contributed by atoms with Gasteiger partial charge in [-0.15, -0.1) is 0 Å². The van der Waals surface area contributed by atoms with Crippen molar-refractivity contribution in [2.75, 3.05) is 20.0 Å². The first-order valence-electron chi connectivity index (χ1n) is 9.22. The van der Waals surface area contributed by atoms with Crippen molar-refractivity contribution in [2.45, 2.75) is 42.1 Å². The van der Waals surface area contributed by atoms with E-state index in [0.717, 1.165) is 4.40 Å². The molecule has 31 heavy (non-hydrogen) atoms. The number of nitrogens with one attached hydrogen (secondary N) is 4. The van der Waals surface area contributed by atoms with Gasteiger partial charge in [-0.3, -0.25) is 15.0 Å². The third-order valence-electron chi connectivity index (χ3n) is 4.59. The van der Waals surface area contributed by atoms with E-state index in [2.05, 4.69) is 20.9 Å². The van der Waals surface area contributed by atoms with Crippen molar-refractivity contribution in [3.8, 4) is 0 Å². The van der Waals surface area contributed by atoms with Gasteiger partial charge >= 0.3 is 6.03 Å². The fourth-order valence-electron chi connectivity index (χ4n) is 3.03. The van der Waals surface area contributed by atoms with E-state index in [1.54, 1.807) is 6.07 Å². The zero-order valence-corrected chi connectivity index (χ0v) is 18.7. The molecular weight excluding hydrogens is 452 g/mol. The summed E-state index contributed by atoms with van der Waals surface area (Å²) in [5, 5.41) is 6.92. The number of hydrogen-bond acceptors (Lipinski definition) is 10. The largest absolute Gasteiger partial charge is 0.366 e. The first-order valence-corrected chi connectivity index (χ1v) is 12.4. The molecule has 1 saturated heterocycles. The average Bonchev–Trinajstić information content (AvgIpc) is 3.14. The predicted molar refractivity (Wildman–Crippen MR) is 108 cm³/mol. The summed E-state index contributed by atoms with van der Waals surface area (Å²) in [4.78, 5) is 16.4. The summed E-state index contributed by atoms with van der Waals surface area (Å²) in [6.07, 6.45) is 0.0202. The highest BCUT2D eigenvalue weighted by atomic mass is 32.2. The van der Waals surface area contributed by atoms with Gasteiger partial charge in [0.2, 0.25) is 0 Å². The van der Waals surface area contributed by atoms with Gasteiger partial charge in [0.15, 0.2) is 19.9 Å². The quantitative estimate of drug-likeness (QED) is 0.386. The Bertz CT molecular complexity index is 1150. The number of aromatic nitrogens is 2. The maximum absolute atomic E-state index is 13.0. The molecule has 0 spiro atoms. The number of urea groups is 1. The molecule has 0 aliphatic carbocycles. The van der Waals surface area contributed by atoms with Gasteiger partial charge in [-0.1, -0.05) is 13.0 Å². The number of rotatable bonds is 7. The number of sulfonamides is 1. The summed E-state index contributed by atoms with van der Waals surface area (Å²) in [6.45, 7) is 1.37. The van der Waals surface area contributed by atoms with E-state index < -0.39 is 54.7 Å². The van der Waals surface area contributed by atoms with E-state index in [1.165, 1.54) is 39.5 Å². The normalized spacial score (nSPS) is 22.4. The molecule has 0 saturated carbocycles. The molecular formula is C16H24N6O7S2. The zero-order chi connectivity index (χ0) is 22.8. The van der Waals surface area contributed by atoms with Crippen LogP contribution in [0.25, 0.3) is 5.65 Å². The van der Waals surface area contributed by atoms with Crippen molar-refractivity contribution in [1.82, 2.24) is 30.1 Å². The van der Waals surface area contributed by atoms with E-state index >= 15 is 0 Å². The maximum atomic E-state index is 13.0. The van der Waals surface area contributed by atoms with E-state index in [9.17, 15) is 21.6 Å². The van der Waals surface area contributed by atoms with E-state index in [0.29, 0.717) is 6.42 Å². The van der Waals surface area contributed by atoms with Crippen LogP contribution in [0, 0.1) is 0 Å². The number of hydrogen-bond donors (Lipinski definition) is 4. The minimum atomic E-state index is -4.61. The molecule has 1 fully saturated rings. The second-order valence-corrected chi connectivity index (χ2v) is 10.4. The van der Waals surface area contributed by atoms with Crippen LogP contribution in [-0.2, 0) is 29.3 Å². The second kappa shape index (κ2) is 9.05. The van der Waals surface area contributed by atoms with Crippen molar-refractivity contribution in [3.05, 3.63) is 24.4 Å². The van der Waals surface area contributed by atoms with Crippen LogP contribution in [-0.4, -0.2) is 71.0 Å². The molecule has 2 aromatic rings. The van der Waals surface area contributed by atoms with Gasteiger partial charge in [0.05, 0.1) is 5.75 Å². The number of carbonyl (C=O) groups excluding carboxylic acids is 1. The molecule has 4 N–H and O–H groups in total. The topological polar surface area (TPSA) is 169 Å². The lowest BCUT2D eigenvalue weighted by Gasteiger charge is -2.36. The van der Waals surface area contributed by atoms with Crippen LogP contribution in [0.2, 0.25) is 0 Å². The molecule has 2 unspecified atom stereocenters. The third kappa shape index (κ3) is 4.97. The van der Waals surface area contributed by atoms with Gasteiger partial charge < -0.3 is 14.8 Å². The van der Waals surface area contributed by atoms with Crippen LogP contribution in [0.5, 0.6) is 0 Å². The third-order valence-corrected chi connectivity index (χ3v) is 7.71. The molecule has 3 heterocycles. The van der Waals surface area contributed by atoms with Gasteiger partial charge in [-0.05, 0) is 12.1 Å². The molecule has 15 heteroatoms. The van der Waals surface area contributed by atoms with Crippen LogP contribution in [0.3, 0.4) is 0 Å². The lowest BCUT2D eigenvalue weighted by molar-refractivity contribution is -0.0572. The lowest BCUT2D eigenvalue weighted by atomic mass is 10.3. The number of nitrogens with zero attached hydrogens (tertiary/aromatic N) is 2. The van der Waals surface area contributed by atoms with Gasteiger partial charge in [0, 0.05) is 26.8 Å². The molecule has 172 valence electrons. The first-order chi connectivity index (χ1) is 14.6. The van der Waals surface area contributed by atoms with Crippen molar-refractivity contribution in [1.29, 1.82) is 0 Å². The molecule has 0 radical (unpaired) electrons. The molecule has 0 bridgehead atoms. The van der Waals surface area contributed by atoms with Crippen molar-refractivity contribution >= 4 is 31.5 Å². The van der Waals surface area contributed by atoms with Crippen LogP contribution >= 0.6 is 0 Å². The molecule has 0 aromatic carbocycles. The Morgan fingerprint density at radius 3 is 2.42 bits per heavy atom. The minimum Gasteiger partial charge on any atom is -0.366 e. The number of fused-ring (bicyclic) bond motifs is 1. The monoisotopic (exact) mass is 476 g/mol. The molecule has 3 rings (SSSR count). The number of carbonyl (C=O) groups is 1. The Kier molecular flexibility index (Phi) is 6.82. The molecule has 2 amide bonds. The number of sulfone groups is 1. The van der Waals surface area contributed by atoms with E-state index in [-0.39, 0.29) is 11.4 Å². The van der Waals surface area contributed by atoms with Crippen molar-refractivity contribution < 1.29 is 31.1 Å². The molecule has 2 atom stereocenters. The minimum absolute atomic E-state index is 0.108. The number of pyridine rings is 1. The standard InChI is InChI=1S/C16H24N6O7S2/c1-4-30(24,25)13-14(22-8-6-5-7-10(22)17-13)31(26,27)21-16(23)20-15-18-11(28-2)9-12(19-15)29-3/h5-8,11-12,15,18-19H,4,9H2,1-3H3,(H2,20,21,23). The summed E-state index contributed by atoms with van der Waals surface area (Å²) in [6, 6.07) is 3.46. The zero-order valence-electron chi connectivity index (χ0n) is 17.0. The summed E-state index contributed by atoms with van der Waals surface area (Å²) in [5.74, 6) is -0.363. The van der Waals surface area contributed by atoms with Crippen LogP contribution in [0.15, 0.2) is 34.4 Å². The highest BCUT2D eigenvalue weighted by Crippen LogP contribution is 2.23. The fourth-order valence-corrected chi connectivity index (χ4v) is 5.70. The van der Waals surface area contributed by atoms with Crippen LogP contribution in [0.4, 0.5) is 4.79 Å². The van der Waals surface area contributed by atoms with Crippen molar-refractivity contribution in [2.24, 2.45) is 0 Å². The maximum Gasteiger partial charge on any atom is 0.330 e. The van der Waals surface area contributed by atoms with Crippen molar-refractivity contribution in [3.63, 3.8) is 0 Å². The Morgan fingerprint density at radius 2 is 1.84 bits per heavy atom. The molecule has 13 nitrogen and oxygen atoms in total. The highest BCUT2D eigenvalue weighted by Gasteiger charge is 2.34. The number of methoxy groups -OCH3 is 2. The highest BCUT2D eigenvalue weighted by molar-refractivity contribution is 7.93. The van der Waals surface area contributed by atoms with Gasteiger partial charge in [-0.2, -0.15) is 8.42 Å². The molecule has 1 aliphatic heterocycles. The Balaban J connectivity index is 1.88. The van der Waals surface area contributed by atoms with Crippen LogP contribution < -0.4 is 20.7 Å². The van der Waals surface area contributed by atoms with Gasteiger partial charge in [0.1, 0.15) is 24.4 Å².